The summed E-state index contributed by atoms with van der Waals surface area (Å²) in [6.45, 7) is 4.28. The number of imidazole rings is 1. The average molecular weight is 194 g/mol. The third kappa shape index (κ3) is 1.67. The Labute approximate surface area is 84.7 Å². The van der Waals surface area contributed by atoms with Crippen LogP contribution in [0.15, 0.2) is 12.4 Å². The molecule has 2 atom stereocenters. The maximum absolute atomic E-state index is 5.89. The predicted molar refractivity (Wildman–Crippen MR) is 55.8 cm³/mol. The van der Waals surface area contributed by atoms with Gasteiger partial charge in [-0.05, 0) is 13.3 Å². The molecule has 1 saturated heterocycles. The largest absolute Gasteiger partial charge is 0.337 e. The zero-order valence-electron chi connectivity index (χ0n) is 8.85. The summed E-state index contributed by atoms with van der Waals surface area (Å²) in [5, 5.41) is 0. The monoisotopic (exact) mass is 194 g/mol. The highest BCUT2D eigenvalue weighted by Gasteiger charge is 2.26. The van der Waals surface area contributed by atoms with Gasteiger partial charge in [-0.2, -0.15) is 0 Å². The van der Waals surface area contributed by atoms with Crippen molar-refractivity contribution in [1.29, 1.82) is 0 Å². The smallest absolute Gasteiger partial charge is 0.125 e. The van der Waals surface area contributed by atoms with Gasteiger partial charge < -0.3 is 10.3 Å². The minimum Gasteiger partial charge on any atom is -0.337 e. The number of hydrogen-bond acceptors (Lipinski definition) is 3. The van der Waals surface area contributed by atoms with Crippen molar-refractivity contribution in [2.75, 3.05) is 13.1 Å². The van der Waals surface area contributed by atoms with Gasteiger partial charge in [-0.1, -0.05) is 0 Å². The van der Waals surface area contributed by atoms with Gasteiger partial charge in [-0.3, -0.25) is 4.90 Å². The van der Waals surface area contributed by atoms with Crippen molar-refractivity contribution in [1.82, 2.24) is 14.5 Å². The lowest BCUT2D eigenvalue weighted by atomic mass is 10.3. The molecule has 1 aliphatic rings. The van der Waals surface area contributed by atoms with E-state index in [1.165, 1.54) is 0 Å². The summed E-state index contributed by atoms with van der Waals surface area (Å²) < 4.78 is 2.08. The second kappa shape index (κ2) is 3.71. The lowest BCUT2D eigenvalue weighted by Crippen LogP contribution is -2.30. The van der Waals surface area contributed by atoms with Crippen molar-refractivity contribution in [2.45, 2.75) is 25.4 Å². The van der Waals surface area contributed by atoms with Gasteiger partial charge in [-0.15, -0.1) is 0 Å². The molecule has 0 spiro atoms. The van der Waals surface area contributed by atoms with E-state index in [9.17, 15) is 0 Å². The second-order valence-corrected chi connectivity index (χ2v) is 4.12. The molecule has 2 rings (SSSR count). The van der Waals surface area contributed by atoms with Crippen molar-refractivity contribution < 1.29 is 0 Å². The molecule has 1 aliphatic heterocycles. The fourth-order valence-corrected chi connectivity index (χ4v) is 2.11. The normalized spacial score (nSPS) is 25.5. The van der Waals surface area contributed by atoms with Gasteiger partial charge >= 0.3 is 0 Å². The molecule has 0 bridgehead atoms. The van der Waals surface area contributed by atoms with Gasteiger partial charge in [0.25, 0.3) is 0 Å². The van der Waals surface area contributed by atoms with Crippen LogP contribution < -0.4 is 5.73 Å². The van der Waals surface area contributed by atoms with Crippen molar-refractivity contribution in [3.63, 3.8) is 0 Å². The summed E-state index contributed by atoms with van der Waals surface area (Å²) in [6, 6.07) is 0.723. The first kappa shape index (κ1) is 9.68. The molecule has 0 aliphatic carbocycles. The van der Waals surface area contributed by atoms with Crippen molar-refractivity contribution in [3.8, 4) is 0 Å². The van der Waals surface area contributed by atoms with E-state index in [2.05, 4.69) is 21.4 Å². The van der Waals surface area contributed by atoms with E-state index in [1.54, 1.807) is 0 Å². The maximum atomic E-state index is 5.89. The van der Waals surface area contributed by atoms with Crippen molar-refractivity contribution >= 4 is 0 Å². The Balaban J connectivity index is 2.09. The minimum atomic E-state index is 0.345. The highest BCUT2D eigenvalue weighted by atomic mass is 15.2. The average Bonchev–Trinajstić information content (AvgIpc) is 2.73. The third-order valence-corrected chi connectivity index (χ3v) is 3.04. The van der Waals surface area contributed by atoms with Gasteiger partial charge in [0.2, 0.25) is 0 Å². The summed E-state index contributed by atoms with van der Waals surface area (Å²) in [6.07, 6.45) is 4.94. The topological polar surface area (TPSA) is 47.1 Å². The molecule has 1 fully saturated rings. The Morgan fingerprint density at radius 2 is 2.43 bits per heavy atom. The fourth-order valence-electron chi connectivity index (χ4n) is 2.11. The molecule has 14 heavy (non-hydrogen) atoms. The maximum Gasteiger partial charge on any atom is 0.125 e. The van der Waals surface area contributed by atoms with Crippen LogP contribution in [-0.4, -0.2) is 33.6 Å². The van der Waals surface area contributed by atoms with Crippen molar-refractivity contribution in [3.05, 3.63) is 18.2 Å². The SMILES string of the molecule is CC(c1nccn1C)N1CCC(N)C1. The zero-order chi connectivity index (χ0) is 10.1. The first-order valence-corrected chi connectivity index (χ1v) is 5.15. The summed E-state index contributed by atoms with van der Waals surface area (Å²) in [4.78, 5) is 6.76. The summed E-state index contributed by atoms with van der Waals surface area (Å²) in [5.41, 5.74) is 5.89. The first-order chi connectivity index (χ1) is 6.68. The van der Waals surface area contributed by atoms with E-state index in [1.807, 2.05) is 19.4 Å². The van der Waals surface area contributed by atoms with Crippen LogP contribution in [0.1, 0.15) is 25.2 Å². The molecule has 1 aromatic heterocycles. The van der Waals surface area contributed by atoms with Crippen molar-refractivity contribution in [2.24, 2.45) is 12.8 Å². The Morgan fingerprint density at radius 1 is 1.64 bits per heavy atom. The standard InChI is InChI=1S/C10H18N4/c1-8(10-12-4-6-13(10)2)14-5-3-9(11)7-14/h4,6,8-9H,3,5,7,11H2,1-2H3. The Morgan fingerprint density at radius 3 is 2.93 bits per heavy atom. The van der Waals surface area contributed by atoms with Crippen LogP contribution >= 0.6 is 0 Å². The number of aryl methyl sites for hydroxylation is 1. The van der Waals surface area contributed by atoms with Crippen LogP contribution in [0.5, 0.6) is 0 Å². The van der Waals surface area contributed by atoms with E-state index in [4.69, 9.17) is 5.73 Å². The van der Waals surface area contributed by atoms with Gasteiger partial charge in [0.1, 0.15) is 5.82 Å². The highest BCUT2D eigenvalue weighted by Crippen LogP contribution is 2.22. The van der Waals surface area contributed by atoms with E-state index in [-0.39, 0.29) is 0 Å². The van der Waals surface area contributed by atoms with E-state index >= 15 is 0 Å². The second-order valence-electron chi connectivity index (χ2n) is 4.12. The lowest BCUT2D eigenvalue weighted by Gasteiger charge is -2.23. The molecule has 4 nitrogen and oxygen atoms in total. The molecule has 78 valence electrons. The molecule has 0 aromatic carbocycles. The predicted octanol–water partition coefficient (Wildman–Crippen LogP) is 0.514. The van der Waals surface area contributed by atoms with Crippen LogP contribution in [-0.2, 0) is 7.05 Å². The number of rotatable bonds is 2. The molecule has 0 amide bonds. The Hall–Kier alpha value is -0.870. The summed E-state index contributed by atoms with van der Waals surface area (Å²) in [5.74, 6) is 1.12. The Kier molecular flexibility index (Phi) is 2.56. The first-order valence-electron chi connectivity index (χ1n) is 5.15. The highest BCUT2D eigenvalue weighted by molar-refractivity contribution is 4.99. The molecular weight excluding hydrogens is 176 g/mol. The molecule has 2 unspecified atom stereocenters. The summed E-state index contributed by atoms with van der Waals surface area (Å²) in [7, 11) is 2.04. The number of hydrogen-bond donors (Lipinski definition) is 1. The quantitative estimate of drug-likeness (QED) is 0.746. The van der Waals surface area contributed by atoms with Crippen LogP contribution in [0.4, 0.5) is 0 Å². The van der Waals surface area contributed by atoms with Crippen LogP contribution in [0.25, 0.3) is 0 Å². The number of aromatic nitrogens is 2. The van der Waals surface area contributed by atoms with Gasteiger partial charge in [-0.25, -0.2) is 4.98 Å². The molecule has 1 aromatic rings. The van der Waals surface area contributed by atoms with E-state index in [0.29, 0.717) is 12.1 Å². The number of likely N-dealkylation sites (tertiary alicyclic amines) is 1. The minimum absolute atomic E-state index is 0.345. The molecular formula is C10H18N4. The number of nitrogens with zero attached hydrogens (tertiary/aromatic N) is 3. The van der Waals surface area contributed by atoms with Crippen LogP contribution in [0.3, 0.4) is 0 Å². The molecule has 2 N–H and O–H groups in total. The molecule has 2 heterocycles. The van der Waals surface area contributed by atoms with E-state index < -0.39 is 0 Å². The van der Waals surface area contributed by atoms with E-state index in [0.717, 1.165) is 25.3 Å². The molecule has 0 radical (unpaired) electrons. The number of nitrogens with two attached hydrogens (primary N) is 1. The Bertz CT molecular complexity index is 307. The van der Waals surface area contributed by atoms with Crippen LogP contribution in [0, 0.1) is 0 Å². The van der Waals surface area contributed by atoms with Crippen LogP contribution in [0.2, 0.25) is 0 Å². The molecule has 4 heteroatoms. The fraction of sp³-hybridized carbons (Fsp3) is 0.700. The third-order valence-electron chi connectivity index (χ3n) is 3.04. The summed E-state index contributed by atoms with van der Waals surface area (Å²) >= 11 is 0. The molecule has 0 saturated carbocycles. The van der Waals surface area contributed by atoms with Gasteiger partial charge in [0.15, 0.2) is 0 Å². The zero-order valence-corrected chi connectivity index (χ0v) is 8.85. The lowest BCUT2D eigenvalue weighted by molar-refractivity contribution is 0.246. The van der Waals surface area contributed by atoms with Gasteiger partial charge in [0.05, 0.1) is 6.04 Å². The van der Waals surface area contributed by atoms with Gasteiger partial charge in [0, 0.05) is 38.6 Å².